The van der Waals surface area contributed by atoms with Crippen molar-refractivity contribution in [1.82, 2.24) is 0 Å². The summed E-state index contributed by atoms with van der Waals surface area (Å²) in [5.74, 6) is 10.3. The summed E-state index contributed by atoms with van der Waals surface area (Å²) in [5, 5.41) is 0. The van der Waals surface area contributed by atoms with Crippen molar-refractivity contribution >= 4 is 5.69 Å². The first-order chi connectivity index (χ1) is 7.49. The van der Waals surface area contributed by atoms with Crippen LogP contribution in [0, 0.1) is 11.8 Å². The first-order valence-corrected chi connectivity index (χ1v) is 4.36. The van der Waals surface area contributed by atoms with Crippen molar-refractivity contribution in [3.63, 3.8) is 0 Å². The second-order valence-corrected chi connectivity index (χ2v) is 2.91. The minimum absolute atomic E-state index is 0.121. The molecule has 6 heteroatoms. The molecule has 5 N–H and O–H groups in total. The molecule has 0 fully saturated rings. The lowest BCUT2D eigenvalue weighted by Crippen LogP contribution is -2.11. The highest BCUT2D eigenvalue weighted by atomic mass is 19.4. The van der Waals surface area contributed by atoms with Crippen LogP contribution in [0.1, 0.15) is 11.1 Å². The summed E-state index contributed by atoms with van der Waals surface area (Å²) < 4.78 is 37.1. The van der Waals surface area contributed by atoms with Crippen molar-refractivity contribution in [3.8, 4) is 11.8 Å². The number of benzene rings is 1. The fraction of sp³-hybridized carbons (Fsp3) is 0.200. The molecule has 0 amide bonds. The van der Waals surface area contributed by atoms with E-state index in [2.05, 4.69) is 17.3 Å². The molecule has 0 aliphatic heterocycles. The van der Waals surface area contributed by atoms with Crippen LogP contribution in [0.4, 0.5) is 18.9 Å². The maximum absolute atomic E-state index is 12.4. The third-order valence-corrected chi connectivity index (χ3v) is 1.83. The monoisotopic (exact) mass is 229 g/mol. The van der Waals surface area contributed by atoms with Crippen LogP contribution in [0.15, 0.2) is 18.2 Å². The molecule has 0 aliphatic rings. The Morgan fingerprint density at radius 2 is 2.00 bits per heavy atom. The van der Waals surface area contributed by atoms with E-state index in [1.54, 1.807) is 0 Å². The van der Waals surface area contributed by atoms with Gasteiger partial charge in [0.15, 0.2) is 0 Å². The number of hydrogen-bond donors (Lipinski definition) is 3. The van der Waals surface area contributed by atoms with Crippen molar-refractivity contribution in [3.05, 3.63) is 29.3 Å². The average molecular weight is 229 g/mol. The summed E-state index contributed by atoms with van der Waals surface area (Å²) in [4.78, 5) is 0. The Morgan fingerprint density at radius 1 is 1.31 bits per heavy atom. The third kappa shape index (κ3) is 2.89. The Kier molecular flexibility index (Phi) is 3.77. The van der Waals surface area contributed by atoms with E-state index in [0.717, 1.165) is 12.1 Å². The van der Waals surface area contributed by atoms with E-state index < -0.39 is 11.7 Å². The average Bonchev–Trinajstić information content (AvgIpc) is 2.24. The molecule has 86 valence electrons. The number of nitrogens with one attached hydrogen (secondary N) is 1. The van der Waals surface area contributed by atoms with Gasteiger partial charge in [0.25, 0.3) is 0 Å². The molecule has 0 saturated carbocycles. The Bertz CT molecular complexity index is 429. The highest BCUT2D eigenvalue weighted by molar-refractivity contribution is 5.60. The van der Waals surface area contributed by atoms with Gasteiger partial charge in [-0.1, -0.05) is 11.8 Å². The predicted molar refractivity (Wildman–Crippen MR) is 55.2 cm³/mol. The number of hydrogen-bond acceptors (Lipinski definition) is 3. The maximum atomic E-state index is 12.4. The Hall–Kier alpha value is -1.71. The lowest BCUT2D eigenvalue weighted by molar-refractivity contribution is -0.137. The predicted octanol–water partition coefficient (Wildman–Crippen LogP) is 1.30. The molecule has 0 saturated heterocycles. The van der Waals surface area contributed by atoms with Crippen LogP contribution in [-0.4, -0.2) is 6.54 Å². The van der Waals surface area contributed by atoms with Gasteiger partial charge in [-0.25, -0.2) is 0 Å². The minimum atomic E-state index is -4.40. The van der Waals surface area contributed by atoms with E-state index >= 15 is 0 Å². The van der Waals surface area contributed by atoms with Gasteiger partial charge >= 0.3 is 6.18 Å². The van der Waals surface area contributed by atoms with Crippen LogP contribution in [0.2, 0.25) is 0 Å². The molecule has 1 rings (SSSR count). The van der Waals surface area contributed by atoms with E-state index in [4.69, 9.17) is 11.6 Å². The number of alkyl halides is 3. The molecule has 1 aromatic rings. The molecule has 16 heavy (non-hydrogen) atoms. The first-order valence-electron chi connectivity index (χ1n) is 4.36. The van der Waals surface area contributed by atoms with Crippen LogP contribution in [0.3, 0.4) is 0 Å². The van der Waals surface area contributed by atoms with Crippen molar-refractivity contribution in [2.45, 2.75) is 6.18 Å². The second-order valence-electron chi connectivity index (χ2n) is 2.91. The van der Waals surface area contributed by atoms with E-state index in [1.165, 1.54) is 6.07 Å². The van der Waals surface area contributed by atoms with Crippen LogP contribution >= 0.6 is 0 Å². The topological polar surface area (TPSA) is 64.1 Å². The molecule has 0 spiro atoms. The standard InChI is InChI=1S/C10H10F3N3/c11-10(12,13)8-4-3-7(2-1-5-14)9(6-8)16-15/h3-4,6,16H,5,14-15H2. The molecule has 0 aromatic heterocycles. The normalized spacial score (nSPS) is 10.6. The van der Waals surface area contributed by atoms with Crippen LogP contribution in [0.25, 0.3) is 0 Å². The summed E-state index contributed by atoms with van der Waals surface area (Å²) in [5.41, 5.74) is 7.05. The molecule has 1 aromatic carbocycles. The van der Waals surface area contributed by atoms with Gasteiger partial charge in [-0.2, -0.15) is 13.2 Å². The van der Waals surface area contributed by atoms with Gasteiger partial charge in [0.2, 0.25) is 0 Å². The van der Waals surface area contributed by atoms with Gasteiger partial charge < -0.3 is 11.2 Å². The lowest BCUT2D eigenvalue weighted by Gasteiger charge is -2.10. The van der Waals surface area contributed by atoms with Gasteiger partial charge in [0, 0.05) is 5.56 Å². The molecule has 0 atom stereocenters. The Labute approximate surface area is 90.6 Å². The minimum Gasteiger partial charge on any atom is -0.323 e. The van der Waals surface area contributed by atoms with Crippen molar-refractivity contribution in [2.75, 3.05) is 12.0 Å². The largest absolute Gasteiger partial charge is 0.416 e. The Morgan fingerprint density at radius 3 is 2.50 bits per heavy atom. The number of anilines is 1. The zero-order valence-electron chi connectivity index (χ0n) is 8.23. The SMILES string of the molecule is NCC#Cc1ccc(C(F)(F)F)cc1NN. The van der Waals surface area contributed by atoms with Gasteiger partial charge in [-0.05, 0) is 18.2 Å². The molecule has 3 nitrogen and oxygen atoms in total. The van der Waals surface area contributed by atoms with E-state index in [-0.39, 0.29) is 12.2 Å². The lowest BCUT2D eigenvalue weighted by atomic mass is 10.1. The summed E-state index contributed by atoms with van der Waals surface area (Å²) in [6, 6.07) is 3.10. The van der Waals surface area contributed by atoms with E-state index in [0.29, 0.717) is 5.56 Å². The summed E-state index contributed by atoms with van der Waals surface area (Å²) in [7, 11) is 0. The van der Waals surface area contributed by atoms with Gasteiger partial charge in [-0.3, -0.25) is 5.84 Å². The highest BCUT2D eigenvalue weighted by Gasteiger charge is 2.30. The summed E-state index contributed by atoms with van der Waals surface area (Å²) >= 11 is 0. The van der Waals surface area contributed by atoms with Crippen molar-refractivity contribution in [2.24, 2.45) is 11.6 Å². The van der Waals surface area contributed by atoms with Gasteiger partial charge in [0.1, 0.15) is 0 Å². The van der Waals surface area contributed by atoms with Gasteiger partial charge in [0.05, 0.1) is 17.8 Å². The van der Waals surface area contributed by atoms with E-state index in [1.807, 2.05) is 0 Å². The van der Waals surface area contributed by atoms with Crippen molar-refractivity contribution < 1.29 is 13.2 Å². The molecule has 0 bridgehead atoms. The zero-order valence-corrected chi connectivity index (χ0v) is 8.23. The number of hydrazine groups is 1. The molecule has 0 unspecified atom stereocenters. The molecule has 0 radical (unpaired) electrons. The molecule has 0 heterocycles. The second kappa shape index (κ2) is 4.88. The van der Waals surface area contributed by atoms with Crippen LogP contribution in [0.5, 0.6) is 0 Å². The fourth-order valence-corrected chi connectivity index (χ4v) is 1.10. The highest BCUT2D eigenvalue weighted by Crippen LogP contribution is 2.31. The number of nitrogens with two attached hydrogens (primary N) is 2. The third-order valence-electron chi connectivity index (χ3n) is 1.83. The molecular weight excluding hydrogens is 219 g/mol. The Balaban J connectivity index is 3.17. The maximum Gasteiger partial charge on any atom is 0.416 e. The molecular formula is C10H10F3N3. The summed E-state index contributed by atoms with van der Waals surface area (Å²) in [6.07, 6.45) is -4.40. The number of rotatable bonds is 1. The number of nitrogen functional groups attached to an aromatic ring is 1. The van der Waals surface area contributed by atoms with E-state index in [9.17, 15) is 13.2 Å². The smallest absolute Gasteiger partial charge is 0.323 e. The zero-order chi connectivity index (χ0) is 12.2. The molecule has 0 aliphatic carbocycles. The quantitative estimate of drug-likeness (QED) is 0.386. The van der Waals surface area contributed by atoms with Crippen molar-refractivity contribution in [1.29, 1.82) is 0 Å². The van der Waals surface area contributed by atoms with Crippen LogP contribution in [-0.2, 0) is 6.18 Å². The summed E-state index contributed by atoms with van der Waals surface area (Å²) in [6.45, 7) is 0.130. The van der Waals surface area contributed by atoms with Crippen LogP contribution < -0.4 is 17.0 Å². The first kappa shape index (κ1) is 12.4. The fourth-order valence-electron chi connectivity index (χ4n) is 1.10. The number of halogens is 3. The van der Waals surface area contributed by atoms with Gasteiger partial charge in [-0.15, -0.1) is 0 Å².